The van der Waals surface area contributed by atoms with E-state index in [0.29, 0.717) is 0 Å². The molecule has 1 atom stereocenters. The molecule has 1 aliphatic heterocycles. The largest absolute Gasteiger partial charge is 0.356 e. The minimum absolute atomic E-state index is 0.848. The molecule has 1 fully saturated rings. The molecule has 1 aromatic rings. The number of hydrogen-bond acceptors (Lipinski definition) is 3. The van der Waals surface area contributed by atoms with E-state index in [1.807, 2.05) is 7.05 Å². The number of thiophene rings is 1. The third-order valence-electron chi connectivity index (χ3n) is 3.92. The first-order chi connectivity index (χ1) is 10.3. The molecule has 0 aliphatic carbocycles. The maximum absolute atomic E-state index is 4.27. The van der Waals surface area contributed by atoms with Gasteiger partial charge in [0.25, 0.3) is 0 Å². The fourth-order valence-corrected chi connectivity index (χ4v) is 3.45. The van der Waals surface area contributed by atoms with Crippen LogP contribution in [0.3, 0.4) is 0 Å². The molecule has 0 spiro atoms. The first-order valence-electron chi connectivity index (χ1n) is 7.97. The summed E-state index contributed by atoms with van der Waals surface area (Å²) in [5.74, 6) is 1.77. The van der Waals surface area contributed by atoms with Gasteiger partial charge in [0.2, 0.25) is 0 Å². The third-order valence-corrected chi connectivity index (χ3v) is 4.79. The summed E-state index contributed by atoms with van der Waals surface area (Å²) in [6.45, 7) is 7.93. The molecule has 2 N–H and O–H groups in total. The zero-order chi connectivity index (χ0) is 14.9. The van der Waals surface area contributed by atoms with Crippen molar-refractivity contribution in [3.8, 4) is 0 Å². The molecule has 118 valence electrons. The Morgan fingerprint density at radius 3 is 3.10 bits per heavy atom. The molecule has 21 heavy (non-hydrogen) atoms. The Balaban J connectivity index is 1.58. The van der Waals surface area contributed by atoms with Gasteiger partial charge < -0.3 is 15.5 Å². The smallest absolute Gasteiger partial charge is 0.191 e. The minimum Gasteiger partial charge on any atom is -0.356 e. The summed E-state index contributed by atoms with van der Waals surface area (Å²) >= 11 is 1.77. The molecular formula is C16H28N4S. The molecular weight excluding hydrogens is 280 g/mol. The first kappa shape index (κ1) is 16.3. The summed E-state index contributed by atoms with van der Waals surface area (Å²) in [7, 11) is 1.83. The highest BCUT2D eigenvalue weighted by Gasteiger charge is 2.15. The van der Waals surface area contributed by atoms with E-state index < -0.39 is 0 Å². The highest BCUT2D eigenvalue weighted by molar-refractivity contribution is 7.09. The van der Waals surface area contributed by atoms with Crippen molar-refractivity contribution in [2.45, 2.75) is 32.7 Å². The van der Waals surface area contributed by atoms with E-state index in [9.17, 15) is 0 Å². The molecule has 0 amide bonds. The maximum Gasteiger partial charge on any atom is 0.191 e. The second-order valence-electron chi connectivity index (χ2n) is 5.83. The lowest BCUT2D eigenvalue weighted by molar-refractivity contribution is 0.182. The van der Waals surface area contributed by atoms with E-state index in [0.717, 1.165) is 25.0 Å². The van der Waals surface area contributed by atoms with Gasteiger partial charge in [-0.1, -0.05) is 13.0 Å². The standard InChI is InChI=1S/C16H28N4S/c1-14-6-3-9-20(13-14)10-5-8-18-16(17-2)19-12-15-7-4-11-21-15/h4,7,11,14H,3,5-6,8-10,12-13H2,1-2H3,(H2,17,18,19). The summed E-state index contributed by atoms with van der Waals surface area (Å²) in [6, 6.07) is 4.22. The van der Waals surface area contributed by atoms with Crippen molar-refractivity contribution in [3.05, 3.63) is 22.4 Å². The Kier molecular flexibility index (Phi) is 7.03. The van der Waals surface area contributed by atoms with E-state index >= 15 is 0 Å². The van der Waals surface area contributed by atoms with Gasteiger partial charge in [-0.2, -0.15) is 0 Å². The van der Waals surface area contributed by atoms with Crippen molar-refractivity contribution in [2.24, 2.45) is 10.9 Å². The van der Waals surface area contributed by atoms with E-state index in [1.165, 1.54) is 43.8 Å². The molecule has 0 bridgehead atoms. The lowest BCUT2D eigenvalue weighted by Gasteiger charge is -2.30. The lowest BCUT2D eigenvalue weighted by atomic mass is 10.0. The van der Waals surface area contributed by atoms with Crippen LogP contribution in [0.4, 0.5) is 0 Å². The number of nitrogens with one attached hydrogen (secondary N) is 2. The average molecular weight is 308 g/mol. The maximum atomic E-state index is 4.27. The lowest BCUT2D eigenvalue weighted by Crippen LogP contribution is -2.39. The van der Waals surface area contributed by atoms with Crippen molar-refractivity contribution in [1.29, 1.82) is 0 Å². The van der Waals surface area contributed by atoms with E-state index in [-0.39, 0.29) is 0 Å². The monoisotopic (exact) mass is 308 g/mol. The highest BCUT2D eigenvalue weighted by atomic mass is 32.1. The van der Waals surface area contributed by atoms with Crippen LogP contribution >= 0.6 is 11.3 Å². The number of piperidine rings is 1. The predicted octanol–water partition coefficient (Wildman–Crippen LogP) is 2.54. The highest BCUT2D eigenvalue weighted by Crippen LogP contribution is 2.15. The predicted molar refractivity (Wildman–Crippen MR) is 92.0 cm³/mol. The zero-order valence-corrected chi connectivity index (χ0v) is 14.1. The SMILES string of the molecule is CN=C(NCCCN1CCCC(C)C1)NCc1cccs1. The molecule has 1 aliphatic rings. The summed E-state index contributed by atoms with van der Waals surface area (Å²) < 4.78 is 0. The number of guanidine groups is 1. The Morgan fingerprint density at radius 2 is 2.38 bits per heavy atom. The molecule has 1 aromatic heterocycles. The molecule has 0 radical (unpaired) electrons. The van der Waals surface area contributed by atoms with E-state index in [1.54, 1.807) is 11.3 Å². The van der Waals surface area contributed by atoms with E-state index in [2.05, 4.69) is 45.0 Å². The van der Waals surface area contributed by atoms with Crippen LogP contribution in [-0.2, 0) is 6.54 Å². The zero-order valence-electron chi connectivity index (χ0n) is 13.3. The van der Waals surface area contributed by atoms with Crippen LogP contribution in [0.25, 0.3) is 0 Å². The van der Waals surface area contributed by atoms with Gasteiger partial charge in [-0.15, -0.1) is 11.3 Å². The summed E-state index contributed by atoms with van der Waals surface area (Å²) in [4.78, 5) is 8.20. The third kappa shape index (κ3) is 6.06. The van der Waals surface area contributed by atoms with Gasteiger partial charge in [-0.05, 0) is 49.7 Å². The van der Waals surface area contributed by atoms with Gasteiger partial charge in [0.15, 0.2) is 5.96 Å². The van der Waals surface area contributed by atoms with Gasteiger partial charge >= 0.3 is 0 Å². The quantitative estimate of drug-likeness (QED) is 0.482. The van der Waals surface area contributed by atoms with Crippen LogP contribution in [0, 0.1) is 5.92 Å². The number of hydrogen-bond donors (Lipinski definition) is 2. The van der Waals surface area contributed by atoms with Crippen molar-refractivity contribution in [3.63, 3.8) is 0 Å². The number of aliphatic imine (C=N–C) groups is 1. The van der Waals surface area contributed by atoms with E-state index in [4.69, 9.17) is 0 Å². The fraction of sp³-hybridized carbons (Fsp3) is 0.688. The van der Waals surface area contributed by atoms with Crippen LogP contribution in [-0.4, -0.2) is 44.1 Å². The van der Waals surface area contributed by atoms with Crippen LogP contribution < -0.4 is 10.6 Å². The molecule has 4 nitrogen and oxygen atoms in total. The van der Waals surface area contributed by atoms with Crippen molar-refractivity contribution >= 4 is 17.3 Å². The van der Waals surface area contributed by atoms with Gasteiger partial charge in [-0.25, -0.2) is 0 Å². The minimum atomic E-state index is 0.848. The molecule has 0 aromatic carbocycles. The molecule has 5 heteroatoms. The second kappa shape index (κ2) is 9.05. The molecule has 2 heterocycles. The Bertz CT molecular complexity index is 416. The number of nitrogens with zero attached hydrogens (tertiary/aromatic N) is 2. The molecule has 0 saturated carbocycles. The number of likely N-dealkylation sites (tertiary alicyclic amines) is 1. The molecule has 1 saturated heterocycles. The van der Waals surface area contributed by atoms with Crippen LogP contribution in [0.1, 0.15) is 31.1 Å². The number of rotatable bonds is 6. The van der Waals surface area contributed by atoms with Crippen LogP contribution in [0.5, 0.6) is 0 Å². The molecule has 2 rings (SSSR count). The van der Waals surface area contributed by atoms with Crippen molar-refractivity contribution in [1.82, 2.24) is 15.5 Å². The van der Waals surface area contributed by atoms with Gasteiger partial charge in [-0.3, -0.25) is 4.99 Å². The Labute approximate surface area is 132 Å². The Hall–Kier alpha value is -1.07. The van der Waals surface area contributed by atoms with Gasteiger partial charge in [0.1, 0.15) is 0 Å². The van der Waals surface area contributed by atoms with Crippen LogP contribution in [0.15, 0.2) is 22.5 Å². The fourth-order valence-electron chi connectivity index (χ4n) is 2.80. The van der Waals surface area contributed by atoms with Crippen molar-refractivity contribution in [2.75, 3.05) is 33.2 Å². The van der Waals surface area contributed by atoms with Gasteiger partial charge in [0.05, 0.1) is 6.54 Å². The van der Waals surface area contributed by atoms with Crippen LogP contribution in [0.2, 0.25) is 0 Å². The topological polar surface area (TPSA) is 39.7 Å². The summed E-state index contributed by atoms with van der Waals surface area (Å²) in [6.07, 6.45) is 3.93. The summed E-state index contributed by atoms with van der Waals surface area (Å²) in [5.41, 5.74) is 0. The van der Waals surface area contributed by atoms with Crippen molar-refractivity contribution < 1.29 is 0 Å². The second-order valence-corrected chi connectivity index (χ2v) is 6.87. The normalized spacial score (nSPS) is 20.5. The molecule has 1 unspecified atom stereocenters. The first-order valence-corrected chi connectivity index (χ1v) is 8.85. The summed E-state index contributed by atoms with van der Waals surface area (Å²) in [5, 5.41) is 8.86. The average Bonchev–Trinajstić information content (AvgIpc) is 3.00. The van der Waals surface area contributed by atoms with Gasteiger partial charge in [0, 0.05) is 25.0 Å². The Morgan fingerprint density at radius 1 is 1.48 bits per heavy atom.